The number of rotatable bonds is 4. The van der Waals surface area contributed by atoms with E-state index in [1.54, 1.807) is 4.90 Å². The molecule has 0 spiro atoms. The lowest BCUT2D eigenvalue weighted by Gasteiger charge is -2.37. The van der Waals surface area contributed by atoms with Gasteiger partial charge in [0.1, 0.15) is 11.2 Å². The second-order valence-corrected chi connectivity index (χ2v) is 7.44. The number of halogens is 1. The van der Waals surface area contributed by atoms with Crippen LogP contribution >= 0.6 is 0 Å². The van der Waals surface area contributed by atoms with Crippen LogP contribution in [0.15, 0.2) is 15.7 Å². The molecular weight excluding hydrogens is 371 g/mol. The summed E-state index contributed by atoms with van der Waals surface area (Å²) in [6.45, 7) is 0.329. The van der Waals surface area contributed by atoms with Gasteiger partial charge in [0.2, 0.25) is 0 Å². The van der Waals surface area contributed by atoms with Gasteiger partial charge in [-0.3, -0.25) is 9.36 Å². The maximum Gasteiger partial charge on any atom is 0.350 e. The van der Waals surface area contributed by atoms with E-state index in [1.807, 2.05) is 0 Å². The van der Waals surface area contributed by atoms with Crippen LogP contribution in [-0.4, -0.2) is 52.4 Å². The van der Waals surface area contributed by atoms with Crippen molar-refractivity contribution < 1.29 is 19.3 Å². The molecule has 2 fully saturated rings. The highest BCUT2D eigenvalue weighted by atomic mass is 19.1. The van der Waals surface area contributed by atoms with Gasteiger partial charge in [-0.15, -0.1) is 0 Å². The first-order valence-electron chi connectivity index (χ1n) is 9.25. The molecule has 4 rings (SSSR count). The van der Waals surface area contributed by atoms with Crippen molar-refractivity contribution in [3.05, 3.63) is 32.7 Å². The molecule has 9 nitrogen and oxygen atoms in total. The van der Waals surface area contributed by atoms with Crippen LogP contribution in [0.3, 0.4) is 0 Å². The second-order valence-electron chi connectivity index (χ2n) is 7.44. The zero-order chi connectivity index (χ0) is 20.2. The Bertz CT molecular complexity index is 1050. The van der Waals surface area contributed by atoms with E-state index in [0.717, 1.165) is 18.9 Å². The highest BCUT2D eigenvalue weighted by Gasteiger charge is 2.34. The summed E-state index contributed by atoms with van der Waals surface area (Å²) in [6, 6.07) is 0.960. The van der Waals surface area contributed by atoms with Gasteiger partial charge in [0.15, 0.2) is 11.6 Å². The van der Waals surface area contributed by atoms with Gasteiger partial charge in [-0.1, -0.05) is 0 Å². The van der Waals surface area contributed by atoms with E-state index in [1.165, 1.54) is 11.7 Å². The summed E-state index contributed by atoms with van der Waals surface area (Å²) in [5, 5.41) is 19.5. The molecule has 10 heteroatoms. The van der Waals surface area contributed by atoms with E-state index < -0.39 is 29.1 Å². The SMILES string of the molecule is COc1c(N2CCC(O)C(CO)C2)c(F)cc2c(=O)n(N)c(=O)n(C3CC3)c12. The molecule has 1 aromatic carbocycles. The number of hydrogen-bond acceptors (Lipinski definition) is 7. The molecule has 0 radical (unpaired) electrons. The van der Waals surface area contributed by atoms with Gasteiger partial charge in [-0.25, -0.2) is 9.18 Å². The predicted molar refractivity (Wildman–Crippen MR) is 101 cm³/mol. The molecule has 1 saturated carbocycles. The minimum absolute atomic E-state index is 0.0251. The van der Waals surface area contributed by atoms with Crippen LogP contribution in [0.1, 0.15) is 25.3 Å². The molecule has 2 aliphatic rings. The Morgan fingerprint density at radius 2 is 2.04 bits per heavy atom. The molecular formula is C18H23FN4O5. The van der Waals surface area contributed by atoms with Crippen molar-refractivity contribution >= 4 is 16.6 Å². The molecule has 2 unspecified atom stereocenters. The molecule has 0 bridgehead atoms. The first-order valence-corrected chi connectivity index (χ1v) is 9.25. The fourth-order valence-corrected chi connectivity index (χ4v) is 4.00. The number of nitrogens with zero attached hydrogens (tertiary/aromatic N) is 3. The highest BCUT2D eigenvalue weighted by Crippen LogP contribution is 2.43. The Kier molecular flexibility index (Phi) is 4.54. The molecule has 152 valence electrons. The van der Waals surface area contributed by atoms with Crippen LogP contribution in [0.5, 0.6) is 5.75 Å². The van der Waals surface area contributed by atoms with Gasteiger partial charge in [0.05, 0.1) is 25.2 Å². The number of aromatic nitrogens is 2. The van der Waals surface area contributed by atoms with Crippen LogP contribution < -0.4 is 26.7 Å². The number of aliphatic hydroxyl groups excluding tert-OH is 2. The minimum Gasteiger partial charge on any atom is -0.492 e. The molecule has 4 N–H and O–H groups in total. The van der Waals surface area contributed by atoms with Crippen molar-refractivity contribution in [2.45, 2.75) is 31.4 Å². The van der Waals surface area contributed by atoms with E-state index >= 15 is 4.39 Å². The monoisotopic (exact) mass is 394 g/mol. The van der Waals surface area contributed by atoms with Gasteiger partial charge in [0, 0.05) is 25.0 Å². The molecule has 1 aliphatic heterocycles. The number of ether oxygens (including phenoxy) is 1. The lowest BCUT2D eigenvalue weighted by atomic mass is 9.95. The first kappa shape index (κ1) is 18.8. The van der Waals surface area contributed by atoms with E-state index in [9.17, 15) is 19.8 Å². The third kappa shape index (κ3) is 2.75. The van der Waals surface area contributed by atoms with E-state index in [-0.39, 0.29) is 41.5 Å². The maximum atomic E-state index is 15.1. The zero-order valence-electron chi connectivity index (χ0n) is 15.5. The average Bonchev–Trinajstić information content (AvgIpc) is 3.52. The molecule has 0 amide bonds. The third-order valence-corrected chi connectivity index (χ3v) is 5.65. The highest BCUT2D eigenvalue weighted by molar-refractivity contribution is 5.91. The summed E-state index contributed by atoms with van der Waals surface area (Å²) in [4.78, 5) is 26.8. The Morgan fingerprint density at radius 1 is 1.32 bits per heavy atom. The molecule has 2 aromatic rings. The summed E-state index contributed by atoms with van der Waals surface area (Å²) < 4.78 is 22.5. The predicted octanol–water partition coefficient (Wildman–Crippen LogP) is -0.461. The summed E-state index contributed by atoms with van der Waals surface area (Å²) in [5.74, 6) is 4.60. The summed E-state index contributed by atoms with van der Waals surface area (Å²) in [6.07, 6.45) is 1.19. The Balaban J connectivity index is 2.00. The second kappa shape index (κ2) is 6.78. The number of piperidine rings is 1. The fraction of sp³-hybridized carbons (Fsp3) is 0.556. The number of hydrogen-bond donors (Lipinski definition) is 3. The lowest BCUT2D eigenvalue weighted by Crippen LogP contribution is -2.46. The topological polar surface area (TPSA) is 123 Å². The first-order chi connectivity index (χ1) is 13.4. The van der Waals surface area contributed by atoms with E-state index in [4.69, 9.17) is 10.6 Å². The van der Waals surface area contributed by atoms with E-state index in [0.29, 0.717) is 17.6 Å². The number of nitrogens with two attached hydrogens (primary N) is 1. The van der Waals surface area contributed by atoms with Crippen molar-refractivity contribution in [2.75, 3.05) is 37.5 Å². The number of anilines is 1. The third-order valence-electron chi connectivity index (χ3n) is 5.65. The fourth-order valence-electron chi connectivity index (χ4n) is 4.00. The Labute approximate surface area is 159 Å². The van der Waals surface area contributed by atoms with Crippen molar-refractivity contribution in [2.24, 2.45) is 5.92 Å². The molecule has 2 heterocycles. The normalized spacial score (nSPS) is 22.6. The van der Waals surface area contributed by atoms with Crippen molar-refractivity contribution in [3.63, 3.8) is 0 Å². The standard InChI is InChI=1S/C18H23FN4O5/c1-28-16-14-11(17(26)23(20)18(27)22(14)10-2-3-10)6-12(19)15(16)21-5-4-13(25)9(7-21)8-24/h6,9-10,13,24-25H,2-5,7-8,20H2,1H3. The summed E-state index contributed by atoms with van der Waals surface area (Å²) in [5.41, 5.74) is -1.12. The minimum atomic E-state index is -0.789. The smallest absolute Gasteiger partial charge is 0.350 e. The van der Waals surface area contributed by atoms with Crippen LogP contribution in [0.4, 0.5) is 10.1 Å². The molecule has 28 heavy (non-hydrogen) atoms. The Hall–Kier alpha value is -2.59. The quantitative estimate of drug-likeness (QED) is 0.600. The van der Waals surface area contributed by atoms with Crippen molar-refractivity contribution in [3.8, 4) is 5.75 Å². The van der Waals surface area contributed by atoms with Crippen LogP contribution in [-0.2, 0) is 0 Å². The number of methoxy groups -OCH3 is 1. The van der Waals surface area contributed by atoms with Gasteiger partial charge < -0.3 is 25.7 Å². The maximum absolute atomic E-state index is 15.1. The van der Waals surface area contributed by atoms with Gasteiger partial charge in [0.25, 0.3) is 5.56 Å². The summed E-state index contributed by atoms with van der Waals surface area (Å²) >= 11 is 0. The van der Waals surface area contributed by atoms with E-state index in [2.05, 4.69) is 0 Å². The molecule has 2 atom stereocenters. The Morgan fingerprint density at radius 3 is 2.64 bits per heavy atom. The van der Waals surface area contributed by atoms with Gasteiger partial charge in [-0.05, 0) is 25.3 Å². The largest absolute Gasteiger partial charge is 0.492 e. The zero-order valence-corrected chi connectivity index (χ0v) is 15.5. The average molecular weight is 394 g/mol. The van der Waals surface area contributed by atoms with Crippen LogP contribution in [0.2, 0.25) is 0 Å². The van der Waals surface area contributed by atoms with Gasteiger partial charge >= 0.3 is 5.69 Å². The number of benzene rings is 1. The van der Waals surface area contributed by atoms with Gasteiger partial charge in [-0.2, -0.15) is 4.68 Å². The number of nitrogen functional groups attached to an aromatic ring is 1. The van der Waals surface area contributed by atoms with Crippen LogP contribution in [0, 0.1) is 11.7 Å². The van der Waals surface area contributed by atoms with Crippen molar-refractivity contribution in [1.82, 2.24) is 9.24 Å². The van der Waals surface area contributed by atoms with Crippen LogP contribution in [0.25, 0.3) is 10.9 Å². The molecule has 1 saturated heterocycles. The van der Waals surface area contributed by atoms with Crippen molar-refractivity contribution in [1.29, 1.82) is 0 Å². The molecule has 1 aliphatic carbocycles. The summed E-state index contributed by atoms with van der Waals surface area (Å²) in [7, 11) is 1.36. The lowest BCUT2D eigenvalue weighted by molar-refractivity contribution is 0.0523. The number of fused-ring (bicyclic) bond motifs is 1. The molecule has 1 aromatic heterocycles. The number of aliphatic hydroxyl groups is 2.